The van der Waals surface area contributed by atoms with Gasteiger partial charge >= 0.3 is 0 Å². The lowest BCUT2D eigenvalue weighted by Gasteiger charge is -2.25. The minimum atomic E-state index is -0.669. The molecule has 1 aliphatic rings. The van der Waals surface area contributed by atoms with Crippen molar-refractivity contribution >= 4 is 23.4 Å². The third-order valence-corrected chi connectivity index (χ3v) is 5.02. The summed E-state index contributed by atoms with van der Waals surface area (Å²) in [6.45, 7) is 6.70. The van der Waals surface area contributed by atoms with Crippen LogP contribution >= 0.6 is 11.6 Å². The Balaban J connectivity index is 1.67. The van der Waals surface area contributed by atoms with Crippen molar-refractivity contribution in [3.8, 4) is 11.5 Å². The highest BCUT2D eigenvalue weighted by molar-refractivity contribution is 6.30. The Kier molecular flexibility index (Phi) is 6.64. The van der Waals surface area contributed by atoms with E-state index >= 15 is 0 Å². The first kappa shape index (κ1) is 21.0. The highest BCUT2D eigenvalue weighted by atomic mass is 35.5. The molecule has 0 fully saturated rings. The minimum absolute atomic E-state index is 0.0845. The summed E-state index contributed by atoms with van der Waals surface area (Å²) in [6, 6.07) is 11.2. The predicted molar refractivity (Wildman–Crippen MR) is 112 cm³/mol. The number of ether oxygens (including phenoxy) is 2. The van der Waals surface area contributed by atoms with E-state index in [1.165, 1.54) is 0 Å². The van der Waals surface area contributed by atoms with Gasteiger partial charge in [0, 0.05) is 10.6 Å². The van der Waals surface area contributed by atoms with Gasteiger partial charge in [0.2, 0.25) is 5.91 Å². The molecular formula is C22H25ClN2O4. The summed E-state index contributed by atoms with van der Waals surface area (Å²) >= 11 is 5.87. The Morgan fingerprint density at radius 2 is 1.59 bits per heavy atom. The molecule has 6 nitrogen and oxygen atoms in total. The lowest BCUT2D eigenvalue weighted by atomic mass is 10.0. The Labute approximate surface area is 175 Å². The van der Waals surface area contributed by atoms with Gasteiger partial charge in [-0.2, -0.15) is 0 Å². The van der Waals surface area contributed by atoms with Gasteiger partial charge < -0.3 is 20.1 Å². The van der Waals surface area contributed by atoms with E-state index in [1.54, 1.807) is 24.3 Å². The maximum atomic E-state index is 12.9. The molecule has 2 atom stereocenters. The van der Waals surface area contributed by atoms with Crippen LogP contribution < -0.4 is 20.1 Å². The molecule has 0 saturated heterocycles. The van der Waals surface area contributed by atoms with Crippen molar-refractivity contribution in [3.63, 3.8) is 0 Å². The first-order chi connectivity index (χ1) is 13.8. The standard InChI is InChI=1S/C22H25ClN2O4/c1-13(2)20(25-21(26)15-4-7-17(23)8-5-15)22(27)24-14(3)16-6-9-18-19(12-16)29-11-10-28-18/h4-9,12-14,20H,10-11H2,1-3H3,(H,24,27)(H,25,26)/t14?,20-/m0/s1. The molecule has 2 N–H and O–H groups in total. The van der Waals surface area contributed by atoms with E-state index < -0.39 is 6.04 Å². The van der Waals surface area contributed by atoms with Gasteiger partial charge in [-0.3, -0.25) is 9.59 Å². The van der Waals surface area contributed by atoms with Crippen molar-refractivity contribution in [2.45, 2.75) is 32.9 Å². The number of carbonyl (C=O) groups excluding carboxylic acids is 2. The van der Waals surface area contributed by atoms with Gasteiger partial charge in [0.15, 0.2) is 11.5 Å². The molecule has 7 heteroatoms. The second kappa shape index (κ2) is 9.18. The molecule has 154 valence electrons. The topological polar surface area (TPSA) is 76.7 Å². The Morgan fingerprint density at radius 1 is 0.931 bits per heavy atom. The molecule has 0 bridgehead atoms. The Bertz CT molecular complexity index is 883. The molecule has 0 aliphatic carbocycles. The maximum Gasteiger partial charge on any atom is 0.251 e. The van der Waals surface area contributed by atoms with Crippen molar-refractivity contribution in [1.29, 1.82) is 0 Å². The van der Waals surface area contributed by atoms with Crippen molar-refractivity contribution in [2.75, 3.05) is 13.2 Å². The second-order valence-corrected chi connectivity index (χ2v) is 7.77. The summed E-state index contributed by atoms with van der Waals surface area (Å²) in [5.74, 6) is 0.728. The number of benzene rings is 2. The summed E-state index contributed by atoms with van der Waals surface area (Å²) in [5, 5.41) is 6.35. The van der Waals surface area contributed by atoms with Gasteiger partial charge in [-0.1, -0.05) is 31.5 Å². The smallest absolute Gasteiger partial charge is 0.251 e. The summed E-state index contributed by atoms with van der Waals surface area (Å²) < 4.78 is 11.1. The van der Waals surface area contributed by atoms with Gasteiger partial charge in [0.25, 0.3) is 5.91 Å². The van der Waals surface area contributed by atoms with Crippen LogP contribution in [0.3, 0.4) is 0 Å². The summed E-state index contributed by atoms with van der Waals surface area (Å²) in [4.78, 5) is 25.4. The van der Waals surface area contributed by atoms with Gasteiger partial charge in [0.1, 0.15) is 19.3 Å². The summed E-state index contributed by atoms with van der Waals surface area (Å²) in [6.07, 6.45) is 0. The zero-order chi connectivity index (χ0) is 21.0. The summed E-state index contributed by atoms with van der Waals surface area (Å²) in [5.41, 5.74) is 1.35. The average molecular weight is 417 g/mol. The van der Waals surface area contributed by atoms with Crippen LogP contribution in [-0.4, -0.2) is 31.1 Å². The number of fused-ring (bicyclic) bond motifs is 1. The molecule has 0 saturated carbocycles. The summed E-state index contributed by atoms with van der Waals surface area (Å²) in [7, 11) is 0. The van der Waals surface area contributed by atoms with Crippen LogP contribution in [0.15, 0.2) is 42.5 Å². The van der Waals surface area contributed by atoms with Crippen LogP contribution in [0.1, 0.15) is 42.7 Å². The van der Waals surface area contributed by atoms with E-state index in [0.717, 1.165) is 5.56 Å². The maximum absolute atomic E-state index is 12.9. The third-order valence-electron chi connectivity index (χ3n) is 4.77. The van der Waals surface area contributed by atoms with Crippen LogP contribution in [0.5, 0.6) is 11.5 Å². The largest absolute Gasteiger partial charge is 0.486 e. The second-order valence-electron chi connectivity index (χ2n) is 7.34. The van der Waals surface area contributed by atoms with Crippen molar-refractivity contribution in [2.24, 2.45) is 5.92 Å². The number of carbonyl (C=O) groups is 2. The van der Waals surface area contributed by atoms with E-state index in [4.69, 9.17) is 21.1 Å². The van der Waals surface area contributed by atoms with Crippen molar-refractivity contribution < 1.29 is 19.1 Å². The fourth-order valence-electron chi connectivity index (χ4n) is 3.08. The molecule has 1 unspecified atom stereocenters. The fraction of sp³-hybridized carbons (Fsp3) is 0.364. The van der Waals surface area contributed by atoms with Crippen LogP contribution in [0.2, 0.25) is 5.02 Å². The number of hydrogen-bond acceptors (Lipinski definition) is 4. The molecule has 0 spiro atoms. The number of halogens is 1. The van der Waals surface area contributed by atoms with E-state index in [-0.39, 0.29) is 23.8 Å². The molecule has 0 radical (unpaired) electrons. The van der Waals surface area contributed by atoms with Gasteiger partial charge in [0.05, 0.1) is 6.04 Å². The monoisotopic (exact) mass is 416 g/mol. The van der Waals surface area contributed by atoms with Crippen molar-refractivity contribution in [3.05, 3.63) is 58.6 Å². The molecule has 29 heavy (non-hydrogen) atoms. The number of rotatable bonds is 6. The first-order valence-corrected chi connectivity index (χ1v) is 9.99. The van der Waals surface area contributed by atoms with Gasteiger partial charge in [-0.05, 0) is 54.8 Å². The molecular weight excluding hydrogens is 392 g/mol. The number of nitrogens with one attached hydrogen (secondary N) is 2. The van der Waals surface area contributed by atoms with Gasteiger partial charge in [-0.15, -0.1) is 0 Å². The SMILES string of the molecule is CC(NC(=O)[C@@H](NC(=O)c1ccc(Cl)cc1)C(C)C)c1ccc2c(c1)OCCO2. The quantitative estimate of drug-likeness (QED) is 0.752. The van der Waals surface area contributed by atoms with E-state index in [1.807, 2.05) is 39.0 Å². The molecule has 2 aromatic carbocycles. The highest BCUT2D eigenvalue weighted by Gasteiger charge is 2.26. The zero-order valence-electron chi connectivity index (χ0n) is 16.7. The lowest BCUT2D eigenvalue weighted by Crippen LogP contribution is -2.50. The van der Waals surface area contributed by atoms with E-state index in [9.17, 15) is 9.59 Å². The molecule has 2 aromatic rings. The van der Waals surface area contributed by atoms with E-state index in [2.05, 4.69) is 10.6 Å². The molecule has 3 rings (SSSR count). The van der Waals surface area contributed by atoms with Crippen LogP contribution in [0.25, 0.3) is 0 Å². The molecule has 2 amide bonds. The number of amides is 2. The Hall–Kier alpha value is -2.73. The lowest BCUT2D eigenvalue weighted by molar-refractivity contribution is -0.124. The first-order valence-electron chi connectivity index (χ1n) is 9.61. The highest BCUT2D eigenvalue weighted by Crippen LogP contribution is 2.32. The average Bonchev–Trinajstić information content (AvgIpc) is 2.71. The minimum Gasteiger partial charge on any atom is -0.486 e. The van der Waals surface area contributed by atoms with Crippen LogP contribution in [0.4, 0.5) is 0 Å². The normalized spacial score (nSPS) is 14.8. The Morgan fingerprint density at radius 3 is 2.24 bits per heavy atom. The number of hydrogen-bond donors (Lipinski definition) is 2. The van der Waals surface area contributed by atoms with E-state index in [0.29, 0.717) is 35.3 Å². The molecule has 0 aromatic heterocycles. The van der Waals surface area contributed by atoms with Crippen LogP contribution in [-0.2, 0) is 4.79 Å². The third kappa shape index (κ3) is 5.21. The molecule has 1 heterocycles. The fourth-order valence-corrected chi connectivity index (χ4v) is 3.20. The molecule has 1 aliphatic heterocycles. The predicted octanol–water partition coefficient (Wildman–Crippen LogP) is 3.74. The van der Waals surface area contributed by atoms with Crippen molar-refractivity contribution in [1.82, 2.24) is 10.6 Å². The van der Waals surface area contributed by atoms with Crippen LogP contribution in [0, 0.1) is 5.92 Å². The van der Waals surface area contributed by atoms with Gasteiger partial charge in [-0.25, -0.2) is 0 Å². The zero-order valence-corrected chi connectivity index (χ0v) is 17.5.